The number of thiophene rings is 1. The summed E-state index contributed by atoms with van der Waals surface area (Å²) < 4.78 is 0. The quantitative estimate of drug-likeness (QED) is 0.928. The van der Waals surface area contributed by atoms with Gasteiger partial charge in [0.2, 0.25) is 5.91 Å². The molecule has 2 saturated heterocycles. The number of likely N-dealkylation sites (tertiary alicyclic amines) is 1. The van der Waals surface area contributed by atoms with Gasteiger partial charge in [0.05, 0.1) is 12.1 Å². The lowest BCUT2D eigenvalue weighted by Crippen LogP contribution is -2.50. The Hall–Kier alpha value is -0.870. The predicted molar refractivity (Wildman–Crippen MR) is 82.8 cm³/mol. The Morgan fingerprint density at radius 2 is 2.40 bits per heavy atom. The van der Waals surface area contributed by atoms with Gasteiger partial charge in [0.25, 0.3) is 0 Å². The fourth-order valence-electron chi connectivity index (χ4n) is 3.56. The van der Waals surface area contributed by atoms with Crippen LogP contribution in [0.15, 0.2) is 17.5 Å². The van der Waals surface area contributed by atoms with Crippen LogP contribution in [-0.2, 0) is 4.79 Å². The van der Waals surface area contributed by atoms with E-state index in [1.807, 2.05) is 0 Å². The molecule has 1 aromatic heterocycles. The molecule has 1 aromatic rings. The van der Waals surface area contributed by atoms with Gasteiger partial charge in [-0.25, -0.2) is 0 Å². The lowest BCUT2D eigenvalue weighted by molar-refractivity contribution is -0.135. The van der Waals surface area contributed by atoms with Gasteiger partial charge >= 0.3 is 0 Å². The highest BCUT2D eigenvalue weighted by Gasteiger charge is 2.36. The topological polar surface area (TPSA) is 32.3 Å². The van der Waals surface area contributed by atoms with Crippen molar-refractivity contribution in [2.45, 2.75) is 51.1 Å². The molecule has 2 fully saturated rings. The van der Waals surface area contributed by atoms with Gasteiger partial charge in [-0.2, -0.15) is 0 Å². The van der Waals surface area contributed by atoms with Crippen molar-refractivity contribution in [3.63, 3.8) is 0 Å². The third-order valence-corrected chi connectivity index (χ3v) is 5.77. The second-order valence-electron chi connectivity index (χ2n) is 6.01. The number of piperidine rings is 1. The molecule has 0 aliphatic carbocycles. The average molecular weight is 292 g/mol. The molecular formula is C16H24N2OS. The van der Waals surface area contributed by atoms with Crippen LogP contribution in [0.25, 0.3) is 0 Å². The fourth-order valence-corrected chi connectivity index (χ4v) is 4.44. The Labute approximate surface area is 125 Å². The van der Waals surface area contributed by atoms with Crippen molar-refractivity contribution in [3.05, 3.63) is 22.4 Å². The highest BCUT2D eigenvalue weighted by atomic mass is 32.1. The van der Waals surface area contributed by atoms with Crippen molar-refractivity contribution in [1.29, 1.82) is 0 Å². The molecule has 2 aliphatic rings. The maximum atomic E-state index is 12.8. The summed E-state index contributed by atoms with van der Waals surface area (Å²) in [4.78, 5) is 16.3. The second kappa shape index (κ2) is 6.27. The molecule has 1 N–H and O–H groups in total. The van der Waals surface area contributed by atoms with Gasteiger partial charge in [0.1, 0.15) is 0 Å². The highest BCUT2D eigenvalue weighted by molar-refractivity contribution is 7.10. The van der Waals surface area contributed by atoms with Gasteiger partial charge in [0, 0.05) is 11.4 Å². The van der Waals surface area contributed by atoms with Crippen LogP contribution in [0.4, 0.5) is 0 Å². The minimum Gasteiger partial charge on any atom is -0.333 e. The van der Waals surface area contributed by atoms with Crippen LogP contribution < -0.4 is 5.32 Å². The molecular weight excluding hydrogens is 268 g/mol. The van der Waals surface area contributed by atoms with Gasteiger partial charge in [0.15, 0.2) is 0 Å². The molecule has 110 valence electrons. The van der Waals surface area contributed by atoms with Crippen LogP contribution in [0, 0.1) is 5.92 Å². The first kappa shape index (κ1) is 14.1. The van der Waals surface area contributed by atoms with Crippen molar-refractivity contribution in [2.75, 3.05) is 13.1 Å². The SMILES string of the molecule is CCC1CCNC(C(=O)N2CCCC2c2cccs2)C1. The van der Waals surface area contributed by atoms with E-state index in [1.165, 1.54) is 17.7 Å². The zero-order valence-corrected chi connectivity index (χ0v) is 13.0. The van der Waals surface area contributed by atoms with Crippen molar-refractivity contribution in [3.8, 4) is 0 Å². The summed E-state index contributed by atoms with van der Waals surface area (Å²) in [5.41, 5.74) is 0. The molecule has 3 rings (SSSR count). The minimum atomic E-state index is 0.0502. The number of carbonyl (C=O) groups excluding carboxylic acids is 1. The van der Waals surface area contributed by atoms with E-state index in [0.717, 1.165) is 32.4 Å². The summed E-state index contributed by atoms with van der Waals surface area (Å²) >= 11 is 1.78. The van der Waals surface area contributed by atoms with E-state index in [0.29, 0.717) is 17.9 Å². The first-order valence-electron chi connectivity index (χ1n) is 7.87. The monoisotopic (exact) mass is 292 g/mol. The maximum Gasteiger partial charge on any atom is 0.240 e. The molecule has 2 aliphatic heterocycles. The maximum absolute atomic E-state index is 12.8. The van der Waals surface area contributed by atoms with Gasteiger partial charge in [-0.05, 0) is 49.6 Å². The molecule has 3 heterocycles. The lowest BCUT2D eigenvalue weighted by atomic mass is 9.90. The van der Waals surface area contributed by atoms with E-state index in [4.69, 9.17) is 0 Å². The standard InChI is InChI=1S/C16H24N2OS/c1-2-12-7-8-17-13(11-12)16(19)18-9-3-5-14(18)15-6-4-10-20-15/h4,6,10,12-14,17H,2-3,5,7-9,11H2,1H3. The van der Waals surface area contributed by atoms with Crippen molar-refractivity contribution < 1.29 is 4.79 Å². The number of rotatable bonds is 3. The Morgan fingerprint density at radius 1 is 1.50 bits per heavy atom. The zero-order valence-electron chi connectivity index (χ0n) is 12.2. The van der Waals surface area contributed by atoms with Crippen LogP contribution in [-0.4, -0.2) is 29.9 Å². The van der Waals surface area contributed by atoms with E-state index in [9.17, 15) is 4.79 Å². The van der Waals surface area contributed by atoms with Crippen LogP contribution in [0.3, 0.4) is 0 Å². The van der Waals surface area contributed by atoms with Gasteiger partial charge in [-0.3, -0.25) is 4.79 Å². The van der Waals surface area contributed by atoms with Gasteiger partial charge in [-0.1, -0.05) is 19.4 Å². The van der Waals surface area contributed by atoms with Crippen LogP contribution in [0.1, 0.15) is 49.9 Å². The number of amides is 1. The Balaban J connectivity index is 1.69. The number of nitrogens with one attached hydrogen (secondary N) is 1. The predicted octanol–water partition coefficient (Wildman–Crippen LogP) is 3.19. The third-order valence-electron chi connectivity index (χ3n) is 4.80. The largest absolute Gasteiger partial charge is 0.333 e. The van der Waals surface area contributed by atoms with E-state index in [1.54, 1.807) is 11.3 Å². The number of hydrogen-bond donors (Lipinski definition) is 1. The lowest BCUT2D eigenvalue weighted by Gasteiger charge is -2.33. The fraction of sp³-hybridized carbons (Fsp3) is 0.688. The molecule has 3 atom stereocenters. The van der Waals surface area contributed by atoms with Gasteiger partial charge < -0.3 is 10.2 Å². The summed E-state index contributed by atoms with van der Waals surface area (Å²) in [6, 6.07) is 4.64. The summed E-state index contributed by atoms with van der Waals surface area (Å²) in [5, 5.41) is 5.55. The average Bonchev–Trinajstić information content (AvgIpc) is 3.16. The van der Waals surface area contributed by atoms with Gasteiger partial charge in [-0.15, -0.1) is 11.3 Å². The van der Waals surface area contributed by atoms with Crippen LogP contribution >= 0.6 is 11.3 Å². The van der Waals surface area contributed by atoms with E-state index < -0.39 is 0 Å². The van der Waals surface area contributed by atoms with E-state index in [2.05, 4.69) is 34.7 Å². The zero-order chi connectivity index (χ0) is 13.9. The van der Waals surface area contributed by atoms with Crippen molar-refractivity contribution in [2.24, 2.45) is 5.92 Å². The first-order valence-corrected chi connectivity index (χ1v) is 8.74. The summed E-state index contributed by atoms with van der Waals surface area (Å²) in [6.07, 6.45) is 5.69. The molecule has 0 radical (unpaired) electrons. The molecule has 0 aromatic carbocycles. The number of carbonyl (C=O) groups is 1. The van der Waals surface area contributed by atoms with E-state index >= 15 is 0 Å². The molecule has 4 heteroatoms. The number of hydrogen-bond acceptors (Lipinski definition) is 3. The van der Waals surface area contributed by atoms with Crippen molar-refractivity contribution in [1.82, 2.24) is 10.2 Å². The molecule has 3 unspecified atom stereocenters. The molecule has 0 spiro atoms. The summed E-state index contributed by atoms with van der Waals surface area (Å²) in [7, 11) is 0. The molecule has 0 saturated carbocycles. The first-order chi connectivity index (χ1) is 9.79. The minimum absolute atomic E-state index is 0.0502. The normalized spacial score (nSPS) is 30.6. The highest BCUT2D eigenvalue weighted by Crippen LogP contribution is 2.35. The Bertz CT molecular complexity index is 445. The van der Waals surface area contributed by atoms with Crippen LogP contribution in [0.5, 0.6) is 0 Å². The van der Waals surface area contributed by atoms with E-state index in [-0.39, 0.29) is 6.04 Å². The Kier molecular flexibility index (Phi) is 4.41. The van der Waals surface area contributed by atoms with Crippen LogP contribution in [0.2, 0.25) is 0 Å². The molecule has 20 heavy (non-hydrogen) atoms. The molecule has 3 nitrogen and oxygen atoms in total. The number of nitrogens with zero attached hydrogens (tertiary/aromatic N) is 1. The summed E-state index contributed by atoms with van der Waals surface area (Å²) in [6.45, 7) is 4.16. The second-order valence-corrected chi connectivity index (χ2v) is 6.99. The van der Waals surface area contributed by atoms with Crippen molar-refractivity contribution >= 4 is 17.2 Å². The summed E-state index contributed by atoms with van der Waals surface area (Å²) in [5.74, 6) is 1.05. The third kappa shape index (κ3) is 2.77. The molecule has 0 bridgehead atoms. The Morgan fingerprint density at radius 3 is 3.15 bits per heavy atom. The smallest absolute Gasteiger partial charge is 0.240 e. The molecule has 1 amide bonds.